The standard InChI is InChI=1S/C58H63N2O15P/c1-56(2,3)53(63)73-47-25-17-39(18-26-47)36-71-76(66,72-37-40-19-27-48(28-20-40)74-54(64)57(4,5)6)70-33-13-12-14-41-35-60(55(65)59-52(41)62)51-34-49(61)50(75-51)38-69-58(42-15-10-9-11-16-42,43-21-29-45(67-7)30-22-43)44-23-31-46(68-8)32-24-44/h9-11,15-32,35,49-51,61H,13,33-34,36-38H2,1-8H3,(H,59,62,65). The number of carbonyl (C=O) groups excluding carboxylic acids is 2. The zero-order chi connectivity index (χ0) is 54.7. The van der Waals surface area contributed by atoms with Crippen LogP contribution in [0.15, 0.2) is 143 Å². The maximum atomic E-state index is 14.1. The summed E-state index contributed by atoms with van der Waals surface area (Å²) >= 11 is 0. The van der Waals surface area contributed by atoms with Gasteiger partial charge in [0.05, 0.1) is 57.6 Å². The van der Waals surface area contributed by atoms with Crippen LogP contribution in [0.2, 0.25) is 0 Å². The van der Waals surface area contributed by atoms with Crippen LogP contribution >= 0.6 is 7.82 Å². The highest BCUT2D eigenvalue weighted by Crippen LogP contribution is 2.51. The van der Waals surface area contributed by atoms with Gasteiger partial charge in [-0.3, -0.25) is 37.5 Å². The van der Waals surface area contributed by atoms with Crippen LogP contribution in [0.1, 0.15) is 94.0 Å². The second-order valence-corrected chi connectivity index (χ2v) is 21.6. The Labute approximate surface area is 441 Å². The number of H-pyrrole nitrogens is 1. The molecule has 1 aliphatic heterocycles. The van der Waals surface area contributed by atoms with E-state index in [1.807, 2.05) is 78.9 Å². The zero-order valence-electron chi connectivity index (χ0n) is 43.7. The summed E-state index contributed by atoms with van der Waals surface area (Å²) in [6.45, 7) is 9.67. The molecule has 17 nitrogen and oxygen atoms in total. The Balaban J connectivity index is 1.04. The number of benzene rings is 5. The van der Waals surface area contributed by atoms with Gasteiger partial charge < -0.3 is 33.5 Å². The molecule has 3 unspecified atom stereocenters. The summed E-state index contributed by atoms with van der Waals surface area (Å²) in [5, 5.41) is 11.4. The third-order valence-electron chi connectivity index (χ3n) is 12.1. The van der Waals surface area contributed by atoms with Crippen LogP contribution in [0.5, 0.6) is 23.0 Å². The Morgan fingerprint density at radius 1 is 0.684 bits per heavy atom. The molecule has 0 aliphatic carbocycles. The molecule has 0 bridgehead atoms. The summed E-state index contributed by atoms with van der Waals surface area (Å²) in [5.41, 5.74) is -0.742. The number of phosphoric acid groups is 1. The number of hydrogen-bond donors (Lipinski definition) is 2. The molecule has 2 N–H and O–H groups in total. The molecule has 1 saturated heterocycles. The molecule has 0 radical (unpaired) electrons. The molecule has 5 aromatic carbocycles. The molecule has 18 heteroatoms. The molecule has 0 saturated carbocycles. The third-order valence-corrected chi connectivity index (χ3v) is 13.5. The Kier molecular flexibility index (Phi) is 18.4. The number of nitrogens with zero attached hydrogens (tertiary/aromatic N) is 1. The van der Waals surface area contributed by atoms with Crippen molar-refractivity contribution in [3.63, 3.8) is 0 Å². The van der Waals surface area contributed by atoms with Gasteiger partial charge in [0.25, 0.3) is 5.56 Å². The van der Waals surface area contributed by atoms with Crippen molar-refractivity contribution in [3.05, 3.63) is 188 Å². The molecule has 2 heterocycles. The normalized spacial score (nSPS) is 15.8. The second kappa shape index (κ2) is 24.7. The van der Waals surface area contributed by atoms with Gasteiger partial charge >= 0.3 is 25.5 Å². The fourth-order valence-corrected chi connectivity index (χ4v) is 8.87. The number of ether oxygens (including phenoxy) is 6. The first kappa shape index (κ1) is 56.6. The molecule has 7 rings (SSSR count). The number of esters is 2. The van der Waals surface area contributed by atoms with Crippen LogP contribution in [0.25, 0.3) is 0 Å². The lowest BCUT2D eigenvalue weighted by Gasteiger charge is -2.37. The molecule has 400 valence electrons. The average Bonchev–Trinajstić information content (AvgIpc) is 3.78. The molecular weight excluding hydrogens is 996 g/mol. The Morgan fingerprint density at radius 2 is 1.16 bits per heavy atom. The Bertz CT molecular complexity index is 3020. The van der Waals surface area contributed by atoms with Crippen molar-refractivity contribution in [2.45, 2.75) is 91.6 Å². The minimum absolute atomic E-state index is 0.0109. The number of methoxy groups -OCH3 is 2. The minimum Gasteiger partial charge on any atom is -0.497 e. The molecule has 76 heavy (non-hydrogen) atoms. The van der Waals surface area contributed by atoms with Crippen molar-refractivity contribution in [2.75, 3.05) is 27.4 Å². The van der Waals surface area contributed by atoms with E-state index in [0.29, 0.717) is 34.1 Å². The van der Waals surface area contributed by atoms with Crippen LogP contribution in [0.4, 0.5) is 0 Å². The van der Waals surface area contributed by atoms with Gasteiger partial charge in [0, 0.05) is 19.0 Å². The van der Waals surface area contributed by atoms with Crippen LogP contribution in [-0.4, -0.2) is 66.2 Å². The van der Waals surface area contributed by atoms with Crippen molar-refractivity contribution < 1.29 is 61.3 Å². The number of aromatic nitrogens is 2. The quantitative estimate of drug-likeness (QED) is 0.0182. The molecule has 1 aliphatic rings. The molecule has 1 aromatic heterocycles. The maximum Gasteiger partial charge on any atom is 0.475 e. The van der Waals surface area contributed by atoms with Crippen molar-refractivity contribution in [1.29, 1.82) is 0 Å². The lowest BCUT2D eigenvalue weighted by Crippen LogP contribution is -2.38. The second-order valence-electron chi connectivity index (χ2n) is 19.9. The van der Waals surface area contributed by atoms with E-state index < -0.39 is 65.9 Å². The van der Waals surface area contributed by atoms with Gasteiger partial charge in [-0.25, -0.2) is 9.36 Å². The highest BCUT2D eigenvalue weighted by atomic mass is 31.2. The predicted molar refractivity (Wildman–Crippen MR) is 282 cm³/mol. The number of aliphatic hydroxyl groups excluding tert-OH is 1. The van der Waals surface area contributed by atoms with E-state index in [4.69, 9.17) is 42.0 Å². The van der Waals surface area contributed by atoms with E-state index in [0.717, 1.165) is 16.7 Å². The highest BCUT2D eigenvalue weighted by Gasteiger charge is 2.42. The molecule has 0 amide bonds. The van der Waals surface area contributed by atoms with Gasteiger partial charge in [-0.1, -0.05) is 90.7 Å². The zero-order valence-corrected chi connectivity index (χ0v) is 44.6. The molecule has 0 spiro atoms. The predicted octanol–water partition coefficient (Wildman–Crippen LogP) is 9.41. The van der Waals surface area contributed by atoms with Gasteiger partial charge in [-0.05, 0) is 118 Å². The van der Waals surface area contributed by atoms with E-state index in [1.54, 1.807) is 104 Å². The number of aliphatic hydroxyl groups is 1. The summed E-state index contributed by atoms with van der Waals surface area (Å²) in [5.74, 6) is 6.73. The summed E-state index contributed by atoms with van der Waals surface area (Å²) in [7, 11) is -1.14. The van der Waals surface area contributed by atoms with Crippen LogP contribution < -0.4 is 30.2 Å². The number of nitrogens with one attached hydrogen (secondary N) is 1. The van der Waals surface area contributed by atoms with Crippen molar-refractivity contribution in [3.8, 4) is 34.8 Å². The summed E-state index contributed by atoms with van der Waals surface area (Å²) in [6.07, 6.45) is -1.80. The molecular formula is C58H63N2O15P. The number of carbonyl (C=O) groups is 2. The van der Waals surface area contributed by atoms with Gasteiger partial charge in [-0.2, -0.15) is 0 Å². The Hall–Kier alpha value is -7.13. The summed E-state index contributed by atoms with van der Waals surface area (Å²) in [6, 6.07) is 37.6. The first-order valence-corrected chi connectivity index (χ1v) is 26.0. The van der Waals surface area contributed by atoms with Crippen molar-refractivity contribution in [2.24, 2.45) is 10.8 Å². The van der Waals surface area contributed by atoms with E-state index in [1.165, 1.54) is 10.8 Å². The lowest BCUT2D eigenvalue weighted by molar-refractivity contribution is -0.143. The summed E-state index contributed by atoms with van der Waals surface area (Å²) < 4.78 is 67.7. The summed E-state index contributed by atoms with van der Waals surface area (Å²) in [4.78, 5) is 53.5. The van der Waals surface area contributed by atoms with Gasteiger partial charge in [0.2, 0.25) is 0 Å². The number of phosphoric ester groups is 1. The maximum absolute atomic E-state index is 14.1. The van der Waals surface area contributed by atoms with E-state index >= 15 is 0 Å². The number of aromatic amines is 1. The first-order valence-electron chi connectivity index (χ1n) is 24.5. The fourth-order valence-electron chi connectivity index (χ4n) is 7.72. The molecule has 6 aromatic rings. The number of hydrogen-bond acceptors (Lipinski definition) is 15. The highest BCUT2D eigenvalue weighted by molar-refractivity contribution is 7.48. The smallest absolute Gasteiger partial charge is 0.475 e. The topological polar surface area (TPSA) is 209 Å². The van der Waals surface area contributed by atoms with Crippen LogP contribution in [0, 0.1) is 22.7 Å². The van der Waals surface area contributed by atoms with Gasteiger partial charge in [0.15, 0.2) is 0 Å². The average molecular weight is 1060 g/mol. The van der Waals surface area contributed by atoms with Gasteiger partial charge in [-0.15, -0.1) is 0 Å². The van der Waals surface area contributed by atoms with E-state index in [9.17, 15) is 28.8 Å². The van der Waals surface area contributed by atoms with E-state index in [2.05, 4.69) is 16.8 Å². The molecule has 3 atom stereocenters. The fraction of sp³-hybridized carbons (Fsp3) is 0.345. The van der Waals surface area contributed by atoms with Crippen LogP contribution in [0.3, 0.4) is 0 Å². The number of rotatable bonds is 20. The van der Waals surface area contributed by atoms with E-state index in [-0.39, 0.29) is 44.8 Å². The largest absolute Gasteiger partial charge is 0.497 e. The minimum atomic E-state index is -4.31. The van der Waals surface area contributed by atoms with Crippen molar-refractivity contribution >= 4 is 19.8 Å². The monoisotopic (exact) mass is 1060 g/mol. The van der Waals surface area contributed by atoms with Gasteiger partial charge in [0.1, 0.15) is 46.5 Å². The van der Waals surface area contributed by atoms with Crippen molar-refractivity contribution in [1.82, 2.24) is 9.55 Å². The Morgan fingerprint density at radius 3 is 1.63 bits per heavy atom. The first-order chi connectivity index (χ1) is 36.2. The molecule has 1 fully saturated rings. The lowest BCUT2D eigenvalue weighted by atomic mass is 9.80. The SMILES string of the molecule is COc1ccc(C(OCC2OC(n3cc(C#CCCOP(=O)(OCc4ccc(OC(=O)C(C)(C)C)cc4)OCc4ccc(OC(=O)C(C)(C)C)cc4)c(=O)[nH]c3=O)CC2O)(c2ccccc2)c2ccc(OC)cc2)cc1. The van der Waals surface area contributed by atoms with Crippen LogP contribution in [-0.2, 0) is 56.0 Å². The third kappa shape index (κ3) is 14.4.